The Morgan fingerprint density at radius 1 is 1.30 bits per heavy atom. The number of benzene rings is 1. The molecule has 2 rings (SSSR count). The minimum Gasteiger partial charge on any atom is -0.350 e. The molecule has 1 saturated carbocycles. The summed E-state index contributed by atoms with van der Waals surface area (Å²) in [7, 11) is 4.21. The predicted octanol–water partition coefficient (Wildman–Crippen LogP) is 3.82. The van der Waals surface area contributed by atoms with E-state index >= 15 is 0 Å². The molecule has 20 heavy (non-hydrogen) atoms. The fraction of sp³-hybridized carbons (Fsp3) is 0.533. The second-order valence-electron chi connectivity index (χ2n) is 5.63. The van der Waals surface area contributed by atoms with Crippen LogP contribution < -0.4 is 5.32 Å². The van der Waals surface area contributed by atoms with Crippen molar-refractivity contribution in [1.82, 2.24) is 10.2 Å². The minimum absolute atomic E-state index is 0.0219. The molecule has 1 amide bonds. The van der Waals surface area contributed by atoms with Gasteiger partial charge in [0.2, 0.25) is 0 Å². The molecular formula is C15H20Br2N2O. The zero-order valence-electron chi connectivity index (χ0n) is 11.9. The van der Waals surface area contributed by atoms with Crippen LogP contribution in [0.2, 0.25) is 0 Å². The van der Waals surface area contributed by atoms with Crippen LogP contribution in [0, 0.1) is 0 Å². The Balaban J connectivity index is 2.06. The summed E-state index contributed by atoms with van der Waals surface area (Å²) < 4.78 is 1.73. The number of rotatable bonds is 4. The van der Waals surface area contributed by atoms with E-state index in [1.54, 1.807) is 0 Å². The van der Waals surface area contributed by atoms with Gasteiger partial charge < -0.3 is 10.2 Å². The molecule has 0 saturated heterocycles. The van der Waals surface area contributed by atoms with Crippen LogP contribution in [0.4, 0.5) is 0 Å². The molecule has 1 aliphatic rings. The molecule has 1 fully saturated rings. The predicted molar refractivity (Wildman–Crippen MR) is 89.1 cm³/mol. The Bertz CT molecular complexity index is 497. The summed E-state index contributed by atoms with van der Waals surface area (Å²) in [5.74, 6) is -0.0219. The quantitative estimate of drug-likeness (QED) is 0.828. The van der Waals surface area contributed by atoms with Gasteiger partial charge in [0.05, 0.1) is 5.56 Å². The molecule has 1 aromatic carbocycles. The Labute approximate surface area is 137 Å². The first-order chi connectivity index (χ1) is 9.44. The number of nitrogens with zero attached hydrogens (tertiary/aromatic N) is 1. The number of nitrogens with one attached hydrogen (secondary N) is 1. The van der Waals surface area contributed by atoms with Crippen molar-refractivity contribution in [3.63, 3.8) is 0 Å². The number of carbonyl (C=O) groups is 1. The molecule has 110 valence electrons. The van der Waals surface area contributed by atoms with E-state index in [0.29, 0.717) is 12.1 Å². The fourth-order valence-corrected chi connectivity index (χ4v) is 3.61. The van der Waals surface area contributed by atoms with E-state index in [4.69, 9.17) is 0 Å². The molecule has 3 nitrogen and oxygen atoms in total. The molecule has 0 heterocycles. The smallest absolute Gasteiger partial charge is 0.252 e. The molecule has 0 atom stereocenters. The van der Waals surface area contributed by atoms with Gasteiger partial charge in [-0.2, -0.15) is 0 Å². The molecule has 0 aliphatic heterocycles. The van der Waals surface area contributed by atoms with Crippen molar-refractivity contribution in [2.45, 2.75) is 31.2 Å². The van der Waals surface area contributed by atoms with E-state index in [1.165, 1.54) is 12.8 Å². The van der Waals surface area contributed by atoms with Crippen LogP contribution in [0.1, 0.15) is 36.0 Å². The number of halogens is 2. The number of carbonyl (C=O) groups excluding carboxylic acids is 1. The van der Waals surface area contributed by atoms with Gasteiger partial charge in [0.1, 0.15) is 0 Å². The zero-order valence-corrected chi connectivity index (χ0v) is 15.1. The zero-order chi connectivity index (χ0) is 14.8. The second kappa shape index (κ2) is 6.58. The van der Waals surface area contributed by atoms with E-state index in [2.05, 4.69) is 56.2 Å². The van der Waals surface area contributed by atoms with E-state index in [1.807, 2.05) is 18.2 Å². The highest BCUT2D eigenvalue weighted by Gasteiger charge is 2.36. The molecule has 1 N–H and O–H groups in total. The number of hydrogen-bond donors (Lipinski definition) is 1. The van der Waals surface area contributed by atoms with Gasteiger partial charge in [0.25, 0.3) is 5.91 Å². The maximum Gasteiger partial charge on any atom is 0.252 e. The topological polar surface area (TPSA) is 32.3 Å². The Morgan fingerprint density at radius 3 is 2.55 bits per heavy atom. The average molecular weight is 404 g/mol. The summed E-state index contributed by atoms with van der Waals surface area (Å²) in [5, 5.41) is 3.10. The van der Waals surface area contributed by atoms with Crippen LogP contribution in [0.15, 0.2) is 27.1 Å². The van der Waals surface area contributed by atoms with Crippen molar-refractivity contribution in [3.8, 4) is 0 Å². The Hall–Kier alpha value is -0.390. The van der Waals surface area contributed by atoms with Crippen LogP contribution in [0.25, 0.3) is 0 Å². The average Bonchev–Trinajstić information content (AvgIpc) is 2.89. The van der Waals surface area contributed by atoms with E-state index < -0.39 is 0 Å². The summed E-state index contributed by atoms with van der Waals surface area (Å²) in [6, 6.07) is 5.64. The van der Waals surface area contributed by atoms with Crippen LogP contribution >= 0.6 is 31.9 Å². The number of likely N-dealkylation sites (N-methyl/N-ethyl adjacent to an activating group) is 1. The number of hydrogen-bond acceptors (Lipinski definition) is 2. The SMILES string of the molecule is CN(C)C1(CNC(=O)c2cc(Br)ccc2Br)CCCC1. The monoisotopic (exact) mass is 402 g/mol. The molecule has 0 radical (unpaired) electrons. The van der Waals surface area contributed by atoms with E-state index in [9.17, 15) is 4.79 Å². The molecule has 0 aromatic heterocycles. The molecule has 1 aliphatic carbocycles. The van der Waals surface area contributed by atoms with Crippen LogP contribution in [-0.4, -0.2) is 37.0 Å². The lowest BCUT2D eigenvalue weighted by molar-refractivity contribution is 0.0899. The maximum atomic E-state index is 12.4. The van der Waals surface area contributed by atoms with Crippen molar-refractivity contribution in [1.29, 1.82) is 0 Å². The van der Waals surface area contributed by atoms with Gasteiger partial charge in [-0.15, -0.1) is 0 Å². The van der Waals surface area contributed by atoms with Crippen molar-refractivity contribution < 1.29 is 4.79 Å². The third kappa shape index (κ3) is 3.43. The first-order valence-corrected chi connectivity index (χ1v) is 8.44. The van der Waals surface area contributed by atoms with E-state index in [0.717, 1.165) is 21.8 Å². The highest BCUT2D eigenvalue weighted by molar-refractivity contribution is 9.11. The molecule has 5 heteroatoms. The fourth-order valence-electron chi connectivity index (χ4n) is 2.83. The van der Waals surface area contributed by atoms with Crippen LogP contribution in [0.5, 0.6) is 0 Å². The number of amides is 1. The van der Waals surface area contributed by atoms with E-state index in [-0.39, 0.29) is 11.4 Å². The van der Waals surface area contributed by atoms with Gasteiger partial charge in [0, 0.05) is 21.0 Å². The lowest BCUT2D eigenvalue weighted by Gasteiger charge is -2.36. The Morgan fingerprint density at radius 2 is 1.95 bits per heavy atom. The molecule has 0 unspecified atom stereocenters. The molecule has 0 bridgehead atoms. The first-order valence-electron chi connectivity index (χ1n) is 6.85. The summed E-state index contributed by atoms with van der Waals surface area (Å²) in [6.07, 6.45) is 4.79. The third-order valence-corrected chi connectivity index (χ3v) is 5.42. The largest absolute Gasteiger partial charge is 0.350 e. The summed E-state index contributed by atoms with van der Waals surface area (Å²) in [4.78, 5) is 14.6. The van der Waals surface area contributed by atoms with Gasteiger partial charge in [-0.3, -0.25) is 4.79 Å². The van der Waals surface area contributed by atoms with Crippen molar-refractivity contribution in [3.05, 3.63) is 32.7 Å². The lowest BCUT2D eigenvalue weighted by Crippen LogP contribution is -2.50. The van der Waals surface area contributed by atoms with Gasteiger partial charge in [-0.25, -0.2) is 0 Å². The maximum absolute atomic E-state index is 12.4. The van der Waals surface area contributed by atoms with Crippen molar-refractivity contribution >= 4 is 37.8 Å². The minimum atomic E-state index is -0.0219. The van der Waals surface area contributed by atoms with Gasteiger partial charge in [-0.05, 0) is 61.1 Å². The third-order valence-electron chi connectivity index (χ3n) is 4.23. The van der Waals surface area contributed by atoms with Crippen LogP contribution in [0.3, 0.4) is 0 Å². The summed E-state index contributed by atoms with van der Waals surface area (Å²) >= 11 is 6.84. The van der Waals surface area contributed by atoms with Crippen molar-refractivity contribution in [2.75, 3.05) is 20.6 Å². The summed E-state index contributed by atoms with van der Waals surface area (Å²) in [6.45, 7) is 0.706. The summed E-state index contributed by atoms with van der Waals surface area (Å²) in [5.41, 5.74) is 0.792. The lowest BCUT2D eigenvalue weighted by atomic mass is 9.96. The normalized spacial score (nSPS) is 17.4. The Kier molecular flexibility index (Phi) is 5.26. The molecule has 1 aromatic rings. The molecular weight excluding hydrogens is 384 g/mol. The highest BCUT2D eigenvalue weighted by Crippen LogP contribution is 2.33. The van der Waals surface area contributed by atoms with Gasteiger partial charge in [0.15, 0.2) is 0 Å². The van der Waals surface area contributed by atoms with Crippen LogP contribution in [-0.2, 0) is 0 Å². The van der Waals surface area contributed by atoms with Gasteiger partial charge >= 0.3 is 0 Å². The second-order valence-corrected chi connectivity index (χ2v) is 7.40. The first kappa shape index (κ1) is 16.0. The molecule has 0 spiro atoms. The van der Waals surface area contributed by atoms with Crippen molar-refractivity contribution in [2.24, 2.45) is 0 Å². The standard InChI is InChI=1S/C15H20Br2N2O/c1-19(2)15(7-3-4-8-15)10-18-14(20)12-9-11(16)5-6-13(12)17/h5-6,9H,3-4,7-8,10H2,1-2H3,(H,18,20). The van der Waals surface area contributed by atoms with Gasteiger partial charge in [-0.1, -0.05) is 28.8 Å². The highest BCUT2D eigenvalue weighted by atomic mass is 79.9.